The molecule has 0 aromatic heterocycles. The molecule has 0 fully saturated rings. The fourth-order valence-corrected chi connectivity index (χ4v) is 3.08. The Morgan fingerprint density at radius 1 is 1.14 bits per heavy atom. The molecule has 0 unspecified atom stereocenters. The van der Waals surface area contributed by atoms with Gasteiger partial charge in [0, 0.05) is 18.1 Å². The molecule has 0 saturated heterocycles. The lowest BCUT2D eigenvalue weighted by Crippen LogP contribution is -2.49. The molecular weight excluding hydrogens is 424 g/mol. The van der Waals surface area contributed by atoms with Crippen LogP contribution in [0, 0.1) is 0 Å². The summed E-state index contributed by atoms with van der Waals surface area (Å²) in [6.45, 7) is 2.01. The SMILES string of the molecule is CC[C@@H](C(=O)NC)N(Cc1cccc(OC)c1)C(=O)COc1ccc(Br)cc1. The lowest BCUT2D eigenvalue weighted by molar-refractivity contribution is -0.142. The molecule has 1 atom stereocenters. The van der Waals surface area contributed by atoms with Gasteiger partial charge in [-0.2, -0.15) is 0 Å². The number of hydrogen-bond acceptors (Lipinski definition) is 4. The highest BCUT2D eigenvalue weighted by Gasteiger charge is 2.28. The highest BCUT2D eigenvalue weighted by atomic mass is 79.9. The average Bonchev–Trinajstić information content (AvgIpc) is 2.72. The van der Waals surface area contributed by atoms with E-state index in [9.17, 15) is 9.59 Å². The van der Waals surface area contributed by atoms with E-state index in [-0.39, 0.29) is 25.0 Å². The maximum absolute atomic E-state index is 12.9. The molecule has 0 heterocycles. The third kappa shape index (κ3) is 5.99. The predicted octanol–water partition coefficient (Wildman–Crippen LogP) is 3.39. The highest BCUT2D eigenvalue weighted by molar-refractivity contribution is 9.10. The normalized spacial score (nSPS) is 11.4. The minimum atomic E-state index is -0.586. The summed E-state index contributed by atoms with van der Waals surface area (Å²) in [4.78, 5) is 26.8. The number of rotatable bonds is 9. The lowest BCUT2D eigenvalue weighted by atomic mass is 10.1. The van der Waals surface area contributed by atoms with Gasteiger partial charge < -0.3 is 19.7 Å². The Balaban J connectivity index is 2.19. The number of carbonyl (C=O) groups excluding carboxylic acids is 2. The predicted molar refractivity (Wildman–Crippen MR) is 111 cm³/mol. The molecule has 150 valence electrons. The van der Waals surface area contributed by atoms with E-state index in [1.807, 2.05) is 43.3 Å². The van der Waals surface area contributed by atoms with E-state index < -0.39 is 6.04 Å². The van der Waals surface area contributed by atoms with Gasteiger partial charge in [-0.1, -0.05) is 35.0 Å². The summed E-state index contributed by atoms with van der Waals surface area (Å²) in [5, 5.41) is 2.64. The summed E-state index contributed by atoms with van der Waals surface area (Å²) in [7, 11) is 3.16. The van der Waals surface area contributed by atoms with Crippen molar-refractivity contribution in [2.75, 3.05) is 20.8 Å². The minimum absolute atomic E-state index is 0.154. The fourth-order valence-electron chi connectivity index (χ4n) is 2.81. The number of nitrogens with zero attached hydrogens (tertiary/aromatic N) is 1. The maximum Gasteiger partial charge on any atom is 0.261 e. The third-order valence-corrected chi connectivity index (χ3v) is 4.82. The van der Waals surface area contributed by atoms with Crippen molar-refractivity contribution in [3.05, 3.63) is 58.6 Å². The fraction of sp³-hybridized carbons (Fsp3) is 0.333. The first-order valence-corrected chi connectivity index (χ1v) is 9.80. The second-order valence-electron chi connectivity index (χ2n) is 6.15. The number of hydrogen-bond donors (Lipinski definition) is 1. The Bertz CT molecular complexity index is 795. The molecule has 0 radical (unpaired) electrons. The molecule has 0 bridgehead atoms. The van der Waals surface area contributed by atoms with Crippen molar-refractivity contribution in [1.29, 1.82) is 0 Å². The molecule has 28 heavy (non-hydrogen) atoms. The third-order valence-electron chi connectivity index (χ3n) is 4.30. The molecule has 0 saturated carbocycles. The Kier molecular flexibility index (Phi) is 8.32. The Morgan fingerprint density at radius 3 is 2.46 bits per heavy atom. The number of carbonyl (C=O) groups is 2. The topological polar surface area (TPSA) is 67.9 Å². The van der Waals surface area contributed by atoms with Crippen LogP contribution in [-0.2, 0) is 16.1 Å². The van der Waals surface area contributed by atoms with Crippen LogP contribution in [0.4, 0.5) is 0 Å². The Labute approximate surface area is 174 Å². The molecule has 2 aromatic rings. The van der Waals surface area contributed by atoms with Crippen molar-refractivity contribution in [2.45, 2.75) is 25.9 Å². The zero-order valence-electron chi connectivity index (χ0n) is 16.3. The van der Waals surface area contributed by atoms with Crippen molar-refractivity contribution < 1.29 is 19.1 Å². The van der Waals surface area contributed by atoms with E-state index in [0.29, 0.717) is 17.9 Å². The van der Waals surface area contributed by atoms with Crippen molar-refractivity contribution in [1.82, 2.24) is 10.2 Å². The zero-order chi connectivity index (χ0) is 20.5. The molecule has 1 N–H and O–H groups in total. The van der Waals surface area contributed by atoms with E-state index >= 15 is 0 Å². The second-order valence-corrected chi connectivity index (χ2v) is 7.07. The summed E-state index contributed by atoms with van der Waals surface area (Å²) in [6.07, 6.45) is 0.494. The minimum Gasteiger partial charge on any atom is -0.497 e. The zero-order valence-corrected chi connectivity index (χ0v) is 17.9. The van der Waals surface area contributed by atoms with Gasteiger partial charge in [-0.3, -0.25) is 9.59 Å². The molecule has 2 aromatic carbocycles. The maximum atomic E-state index is 12.9. The molecule has 0 aliphatic heterocycles. The lowest BCUT2D eigenvalue weighted by Gasteiger charge is -2.30. The number of ether oxygens (including phenoxy) is 2. The van der Waals surface area contributed by atoms with Gasteiger partial charge in [0.2, 0.25) is 5.91 Å². The molecule has 0 aliphatic carbocycles. The summed E-state index contributed by atoms with van der Waals surface area (Å²) < 4.78 is 11.8. The van der Waals surface area contributed by atoms with E-state index in [0.717, 1.165) is 10.0 Å². The summed E-state index contributed by atoms with van der Waals surface area (Å²) >= 11 is 3.36. The summed E-state index contributed by atoms with van der Waals surface area (Å²) in [5.41, 5.74) is 0.874. The van der Waals surface area contributed by atoms with Crippen LogP contribution in [0.25, 0.3) is 0 Å². The van der Waals surface area contributed by atoms with Crippen LogP contribution in [0.3, 0.4) is 0 Å². The monoisotopic (exact) mass is 448 g/mol. The standard InChI is InChI=1S/C21H25BrN2O4/c1-4-19(21(26)23-2)24(13-15-6-5-7-18(12-15)27-3)20(25)14-28-17-10-8-16(22)9-11-17/h5-12,19H,4,13-14H2,1-3H3,(H,23,26)/t19-/m0/s1. The van der Waals surface area contributed by atoms with Gasteiger partial charge in [0.1, 0.15) is 17.5 Å². The smallest absolute Gasteiger partial charge is 0.261 e. The van der Waals surface area contributed by atoms with Crippen LogP contribution in [0.15, 0.2) is 53.0 Å². The molecule has 6 nitrogen and oxygen atoms in total. The first-order valence-electron chi connectivity index (χ1n) is 9.00. The molecule has 0 aliphatic rings. The number of amides is 2. The van der Waals surface area contributed by atoms with Crippen LogP contribution < -0.4 is 14.8 Å². The van der Waals surface area contributed by atoms with Crippen molar-refractivity contribution in [2.24, 2.45) is 0 Å². The molecule has 7 heteroatoms. The molecule has 2 amide bonds. The highest BCUT2D eigenvalue weighted by Crippen LogP contribution is 2.19. The first kappa shape index (κ1) is 21.8. The number of methoxy groups -OCH3 is 1. The largest absolute Gasteiger partial charge is 0.497 e. The van der Waals surface area contributed by atoms with Crippen LogP contribution in [0.5, 0.6) is 11.5 Å². The number of halogens is 1. The summed E-state index contributed by atoms with van der Waals surface area (Å²) in [6, 6.07) is 14.1. The van der Waals surface area contributed by atoms with Gasteiger partial charge in [0.25, 0.3) is 5.91 Å². The van der Waals surface area contributed by atoms with Crippen LogP contribution in [-0.4, -0.2) is 43.5 Å². The quantitative estimate of drug-likeness (QED) is 0.638. The van der Waals surface area contributed by atoms with Crippen LogP contribution in [0.2, 0.25) is 0 Å². The number of nitrogens with one attached hydrogen (secondary N) is 1. The Hall–Kier alpha value is -2.54. The van der Waals surface area contributed by atoms with Gasteiger partial charge in [-0.15, -0.1) is 0 Å². The Morgan fingerprint density at radius 2 is 1.86 bits per heavy atom. The van der Waals surface area contributed by atoms with Crippen molar-refractivity contribution in [3.63, 3.8) is 0 Å². The molecular formula is C21H25BrN2O4. The molecule has 0 spiro atoms. The van der Waals surface area contributed by atoms with Gasteiger partial charge in [-0.05, 0) is 48.4 Å². The van der Waals surface area contributed by atoms with Gasteiger partial charge in [0.05, 0.1) is 7.11 Å². The van der Waals surface area contributed by atoms with Gasteiger partial charge in [0.15, 0.2) is 6.61 Å². The number of likely N-dealkylation sites (N-methyl/N-ethyl adjacent to an activating group) is 1. The van der Waals surface area contributed by atoms with Gasteiger partial charge in [-0.25, -0.2) is 0 Å². The van der Waals surface area contributed by atoms with E-state index in [1.165, 1.54) is 0 Å². The molecule has 2 rings (SSSR count). The van der Waals surface area contributed by atoms with E-state index in [4.69, 9.17) is 9.47 Å². The van der Waals surface area contributed by atoms with Crippen molar-refractivity contribution >= 4 is 27.7 Å². The van der Waals surface area contributed by atoms with E-state index in [1.54, 1.807) is 31.2 Å². The summed E-state index contributed by atoms with van der Waals surface area (Å²) in [5.74, 6) is 0.818. The first-order chi connectivity index (χ1) is 13.5. The average molecular weight is 449 g/mol. The number of benzene rings is 2. The van der Waals surface area contributed by atoms with Crippen LogP contribution >= 0.6 is 15.9 Å². The second kappa shape index (κ2) is 10.7. The van der Waals surface area contributed by atoms with Crippen molar-refractivity contribution in [3.8, 4) is 11.5 Å². The van der Waals surface area contributed by atoms with Gasteiger partial charge >= 0.3 is 0 Å². The van der Waals surface area contributed by atoms with E-state index in [2.05, 4.69) is 21.2 Å². The van der Waals surface area contributed by atoms with Crippen LogP contribution in [0.1, 0.15) is 18.9 Å².